The quantitative estimate of drug-likeness (QED) is 0.626. The largest absolute Gasteiger partial charge is 0.342 e. The van der Waals surface area contributed by atoms with Gasteiger partial charge >= 0.3 is 6.03 Å². The van der Waals surface area contributed by atoms with Gasteiger partial charge in [0.25, 0.3) is 0 Å². The Labute approximate surface area is 217 Å². The van der Waals surface area contributed by atoms with Crippen LogP contribution in [0, 0.1) is 0 Å². The van der Waals surface area contributed by atoms with E-state index in [0.717, 1.165) is 42.5 Å². The number of hydrogen-bond acceptors (Lipinski definition) is 4. The summed E-state index contributed by atoms with van der Waals surface area (Å²) in [4.78, 5) is 45.0. The molecule has 36 heavy (non-hydrogen) atoms. The van der Waals surface area contributed by atoms with Gasteiger partial charge in [0, 0.05) is 44.3 Å². The number of likely N-dealkylation sites (tertiary alicyclic amines) is 1. The lowest BCUT2D eigenvalue weighted by atomic mass is 10.0. The second-order valence-electron chi connectivity index (χ2n) is 9.77. The van der Waals surface area contributed by atoms with Gasteiger partial charge in [0.1, 0.15) is 5.37 Å². The van der Waals surface area contributed by atoms with Crippen LogP contribution in [0.25, 0.3) is 0 Å². The average Bonchev–Trinajstić information content (AvgIpc) is 3.10. The van der Waals surface area contributed by atoms with Crippen molar-refractivity contribution < 1.29 is 14.4 Å². The van der Waals surface area contributed by atoms with Crippen molar-refractivity contribution in [2.75, 3.05) is 31.5 Å². The van der Waals surface area contributed by atoms with Crippen molar-refractivity contribution in [2.45, 2.75) is 55.7 Å². The van der Waals surface area contributed by atoms with Crippen molar-refractivity contribution in [1.29, 1.82) is 0 Å². The van der Waals surface area contributed by atoms with E-state index in [9.17, 15) is 14.4 Å². The molecule has 0 aromatic heterocycles. The van der Waals surface area contributed by atoms with Crippen LogP contribution < -0.4 is 5.32 Å². The maximum absolute atomic E-state index is 13.2. The monoisotopic (exact) mass is 506 g/mol. The molecule has 0 aliphatic carbocycles. The van der Waals surface area contributed by atoms with Gasteiger partial charge in [-0.2, -0.15) is 0 Å². The van der Waals surface area contributed by atoms with Gasteiger partial charge in [0.2, 0.25) is 11.8 Å². The molecule has 8 heteroatoms. The molecule has 190 valence electrons. The third-order valence-electron chi connectivity index (χ3n) is 7.44. The van der Waals surface area contributed by atoms with Crippen molar-refractivity contribution in [3.8, 4) is 0 Å². The molecule has 2 saturated heterocycles. The maximum atomic E-state index is 13.2. The molecule has 5 rings (SSSR count). The molecule has 0 saturated carbocycles. The lowest BCUT2D eigenvalue weighted by molar-refractivity contribution is -0.136. The highest BCUT2D eigenvalue weighted by molar-refractivity contribution is 8.01. The summed E-state index contributed by atoms with van der Waals surface area (Å²) in [5.74, 6) is 0.108. The van der Waals surface area contributed by atoms with Crippen LogP contribution in [0.2, 0.25) is 0 Å². The number of rotatable bonds is 6. The highest BCUT2D eigenvalue weighted by Gasteiger charge is 2.42. The minimum atomic E-state index is -0.345. The zero-order valence-electron chi connectivity index (χ0n) is 20.8. The Kier molecular flexibility index (Phi) is 7.51. The van der Waals surface area contributed by atoms with E-state index in [1.165, 1.54) is 0 Å². The molecular weight excluding hydrogens is 472 g/mol. The first-order valence-corrected chi connectivity index (χ1v) is 13.9. The number of hydrogen-bond donors (Lipinski definition) is 1. The van der Waals surface area contributed by atoms with E-state index in [4.69, 9.17) is 0 Å². The van der Waals surface area contributed by atoms with Gasteiger partial charge in [-0.25, -0.2) is 4.79 Å². The second kappa shape index (κ2) is 10.9. The van der Waals surface area contributed by atoms with E-state index < -0.39 is 0 Å². The number of carbonyl (C=O) groups excluding carboxylic acids is 3. The van der Waals surface area contributed by atoms with Gasteiger partial charge < -0.3 is 20.0 Å². The van der Waals surface area contributed by atoms with Gasteiger partial charge in [-0.05, 0) is 42.9 Å². The molecule has 2 atom stereocenters. The van der Waals surface area contributed by atoms with E-state index >= 15 is 0 Å². The molecule has 2 fully saturated rings. The number of nitrogens with zero attached hydrogens (tertiary/aromatic N) is 3. The minimum absolute atomic E-state index is 0.0344. The Bertz CT molecular complexity index is 1100. The fraction of sp³-hybridized carbons (Fsp3) is 0.464. The molecule has 2 aromatic carbocycles. The molecule has 1 N–H and O–H groups in total. The number of piperidine rings is 1. The van der Waals surface area contributed by atoms with Crippen LogP contribution in [0.3, 0.4) is 0 Å². The van der Waals surface area contributed by atoms with Crippen LogP contribution in [-0.2, 0) is 16.0 Å². The minimum Gasteiger partial charge on any atom is -0.342 e. The van der Waals surface area contributed by atoms with E-state index in [1.807, 2.05) is 51.1 Å². The zero-order valence-corrected chi connectivity index (χ0v) is 21.6. The standard InChI is InChI=1S/C28H34N4O3S/c1-2-15-32-26(34)24(36-27(32)21-9-4-3-5-10-21)19-25(33)30-16-13-22(14-17-30)31-18-12-20-8-6-7-11-23(20)29-28(31)35/h3-11,22,24,27H,2,12-19H2,1H3,(H,29,35). The fourth-order valence-electron chi connectivity index (χ4n) is 5.52. The van der Waals surface area contributed by atoms with Crippen LogP contribution >= 0.6 is 11.8 Å². The number of anilines is 1. The number of nitrogens with one attached hydrogen (secondary N) is 1. The summed E-state index contributed by atoms with van der Waals surface area (Å²) in [5, 5.41) is 2.67. The normalized spacial score (nSPS) is 22.9. The smallest absolute Gasteiger partial charge is 0.322 e. The number of fused-ring (bicyclic) bond motifs is 1. The highest BCUT2D eigenvalue weighted by atomic mass is 32.2. The molecular formula is C28H34N4O3S. The molecule has 7 nitrogen and oxygen atoms in total. The average molecular weight is 507 g/mol. The summed E-state index contributed by atoms with van der Waals surface area (Å²) in [6.45, 7) is 4.69. The van der Waals surface area contributed by atoms with Crippen LogP contribution in [0.15, 0.2) is 54.6 Å². The van der Waals surface area contributed by atoms with E-state index in [1.54, 1.807) is 11.8 Å². The maximum Gasteiger partial charge on any atom is 0.322 e. The number of amides is 4. The van der Waals surface area contributed by atoms with Crippen molar-refractivity contribution in [3.63, 3.8) is 0 Å². The predicted octanol–water partition coefficient (Wildman–Crippen LogP) is 4.51. The summed E-state index contributed by atoms with van der Waals surface area (Å²) in [5.41, 5.74) is 3.16. The molecule has 3 heterocycles. The first-order chi connectivity index (χ1) is 17.5. The Hall–Kier alpha value is -3.00. The van der Waals surface area contributed by atoms with Crippen molar-refractivity contribution in [3.05, 3.63) is 65.7 Å². The number of para-hydroxylation sites is 1. The lowest BCUT2D eigenvalue weighted by Crippen LogP contribution is -2.50. The van der Waals surface area contributed by atoms with Crippen LogP contribution in [0.5, 0.6) is 0 Å². The molecule has 0 radical (unpaired) electrons. The van der Waals surface area contributed by atoms with Gasteiger partial charge in [-0.1, -0.05) is 55.5 Å². The van der Waals surface area contributed by atoms with Crippen LogP contribution in [0.1, 0.15) is 49.1 Å². The molecule has 0 spiro atoms. The number of benzene rings is 2. The summed E-state index contributed by atoms with van der Waals surface area (Å²) in [7, 11) is 0. The molecule has 3 aliphatic heterocycles. The third kappa shape index (κ3) is 5.09. The van der Waals surface area contributed by atoms with Gasteiger partial charge in [0.15, 0.2) is 0 Å². The SMILES string of the molecule is CCCN1C(=O)C(CC(=O)N2CCC(N3CCc4ccccc4NC3=O)CC2)SC1c1ccccc1. The number of urea groups is 1. The molecule has 0 bridgehead atoms. The summed E-state index contributed by atoms with van der Waals surface area (Å²) in [6, 6.07) is 18.1. The lowest BCUT2D eigenvalue weighted by Gasteiger charge is -2.38. The fourth-order valence-corrected chi connectivity index (χ4v) is 6.99. The molecule has 2 unspecified atom stereocenters. The topological polar surface area (TPSA) is 73.0 Å². The zero-order chi connectivity index (χ0) is 25.1. The Morgan fingerprint density at radius 3 is 2.47 bits per heavy atom. The van der Waals surface area contributed by atoms with Crippen molar-refractivity contribution in [2.24, 2.45) is 0 Å². The molecule has 4 amide bonds. The van der Waals surface area contributed by atoms with Crippen LogP contribution in [0.4, 0.5) is 10.5 Å². The first kappa shape index (κ1) is 24.7. The summed E-state index contributed by atoms with van der Waals surface area (Å²) >= 11 is 1.60. The predicted molar refractivity (Wildman–Crippen MR) is 143 cm³/mol. The van der Waals surface area contributed by atoms with Gasteiger partial charge in [0.05, 0.1) is 5.25 Å². The summed E-state index contributed by atoms with van der Waals surface area (Å²) in [6.07, 6.45) is 3.47. The van der Waals surface area contributed by atoms with Crippen molar-refractivity contribution >= 4 is 35.3 Å². The second-order valence-corrected chi connectivity index (χ2v) is 11.1. The number of carbonyl (C=O) groups is 3. The third-order valence-corrected chi connectivity index (χ3v) is 8.93. The van der Waals surface area contributed by atoms with E-state index in [-0.39, 0.29) is 40.9 Å². The van der Waals surface area contributed by atoms with Crippen LogP contribution in [-0.4, -0.2) is 70.0 Å². The van der Waals surface area contributed by atoms with Crippen molar-refractivity contribution in [1.82, 2.24) is 14.7 Å². The summed E-state index contributed by atoms with van der Waals surface area (Å²) < 4.78 is 0. The highest BCUT2D eigenvalue weighted by Crippen LogP contribution is 2.44. The first-order valence-electron chi connectivity index (χ1n) is 13.0. The van der Waals surface area contributed by atoms with Gasteiger partial charge in [-0.3, -0.25) is 9.59 Å². The Balaban J connectivity index is 1.17. The van der Waals surface area contributed by atoms with Gasteiger partial charge in [-0.15, -0.1) is 11.8 Å². The Morgan fingerprint density at radius 1 is 1.00 bits per heavy atom. The molecule has 2 aromatic rings. The molecule has 3 aliphatic rings. The Morgan fingerprint density at radius 2 is 1.72 bits per heavy atom. The number of thioether (sulfide) groups is 1. The van der Waals surface area contributed by atoms with E-state index in [2.05, 4.69) is 30.4 Å². The van der Waals surface area contributed by atoms with E-state index in [0.29, 0.717) is 26.2 Å².